The molecule has 1 aromatic carbocycles. The second-order valence-corrected chi connectivity index (χ2v) is 6.83. The highest BCUT2D eigenvalue weighted by Gasteiger charge is 2.27. The van der Waals surface area contributed by atoms with E-state index in [1.807, 2.05) is 0 Å². The number of halogens is 1. The van der Waals surface area contributed by atoms with Crippen LogP contribution in [0.3, 0.4) is 0 Å². The van der Waals surface area contributed by atoms with E-state index in [0.29, 0.717) is 10.5 Å². The normalized spacial score (nSPS) is 20.1. The Bertz CT molecular complexity index is 697. The molecule has 2 aliphatic heterocycles. The minimum absolute atomic E-state index is 0.105. The zero-order valence-corrected chi connectivity index (χ0v) is 14.3. The van der Waals surface area contributed by atoms with E-state index in [1.54, 1.807) is 18.2 Å². The number of aromatic hydroxyl groups is 1. The summed E-state index contributed by atoms with van der Waals surface area (Å²) in [6, 6.07) is 3.24. The Balaban J connectivity index is 1.81. The van der Waals surface area contributed by atoms with Crippen LogP contribution in [0.2, 0.25) is 5.02 Å². The standard InChI is InChI=1S/C16H17ClN2O3S/c1-22-12-8-10(7-11(17)14(12)20)9-13-15(21)18-16(23-13)19-5-3-2-4-6-19/h7-9,20H,2-6H2,1H3/b13-9-. The third-order valence-corrected chi connectivity index (χ3v) is 5.14. The van der Waals surface area contributed by atoms with E-state index < -0.39 is 0 Å². The van der Waals surface area contributed by atoms with Crippen molar-refractivity contribution in [2.45, 2.75) is 19.3 Å². The first-order chi connectivity index (χ1) is 11.1. The van der Waals surface area contributed by atoms with Crippen LogP contribution in [-0.2, 0) is 4.79 Å². The molecule has 0 aliphatic carbocycles. The topological polar surface area (TPSA) is 62.1 Å². The number of likely N-dealkylation sites (tertiary alicyclic amines) is 1. The first kappa shape index (κ1) is 16.2. The summed E-state index contributed by atoms with van der Waals surface area (Å²) in [4.78, 5) is 19.0. The van der Waals surface area contributed by atoms with Crippen molar-refractivity contribution in [2.24, 2.45) is 4.99 Å². The highest BCUT2D eigenvalue weighted by molar-refractivity contribution is 8.18. The van der Waals surface area contributed by atoms with E-state index in [1.165, 1.54) is 25.3 Å². The van der Waals surface area contributed by atoms with Crippen molar-refractivity contribution in [1.29, 1.82) is 0 Å². The van der Waals surface area contributed by atoms with E-state index in [4.69, 9.17) is 16.3 Å². The molecule has 1 saturated heterocycles. The van der Waals surface area contributed by atoms with Crippen molar-refractivity contribution in [3.63, 3.8) is 0 Å². The predicted molar refractivity (Wildman–Crippen MR) is 93.1 cm³/mol. The molecule has 2 aliphatic rings. The number of nitrogens with zero attached hydrogens (tertiary/aromatic N) is 2. The third-order valence-electron chi connectivity index (χ3n) is 3.80. The maximum absolute atomic E-state index is 12.1. The SMILES string of the molecule is COc1cc(/C=C2\SC(N3CCCCC3)=NC2=O)cc(Cl)c1O. The average Bonchev–Trinajstić information content (AvgIpc) is 2.92. The first-order valence-electron chi connectivity index (χ1n) is 7.42. The van der Waals surface area contributed by atoms with E-state index in [-0.39, 0.29) is 22.4 Å². The van der Waals surface area contributed by atoms with Gasteiger partial charge in [-0.1, -0.05) is 11.6 Å². The molecule has 122 valence electrons. The van der Waals surface area contributed by atoms with Gasteiger partial charge in [0.2, 0.25) is 0 Å². The van der Waals surface area contributed by atoms with Crippen molar-refractivity contribution >= 4 is 40.5 Å². The van der Waals surface area contributed by atoms with Gasteiger partial charge in [0.15, 0.2) is 16.7 Å². The summed E-state index contributed by atoms with van der Waals surface area (Å²) < 4.78 is 5.08. The molecule has 0 atom stereocenters. The number of phenolic OH excluding ortho intramolecular Hbond substituents is 1. The number of carbonyl (C=O) groups excluding carboxylic acids is 1. The molecule has 23 heavy (non-hydrogen) atoms. The molecule has 2 heterocycles. The fourth-order valence-corrected chi connectivity index (χ4v) is 3.79. The van der Waals surface area contributed by atoms with E-state index in [9.17, 15) is 9.90 Å². The fraction of sp³-hybridized carbons (Fsp3) is 0.375. The fourth-order valence-electron chi connectivity index (χ4n) is 2.60. The highest BCUT2D eigenvalue weighted by Crippen LogP contribution is 2.37. The van der Waals surface area contributed by atoms with Gasteiger partial charge in [-0.25, -0.2) is 0 Å². The summed E-state index contributed by atoms with van der Waals surface area (Å²) >= 11 is 7.37. The van der Waals surface area contributed by atoms with Crippen LogP contribution in [0, 0.1) is 0 Å². The number of aliphatic imine (C=N–C) groups is 1. The molecule has 1 N–H and O–H groups in total. The summed E-state index contributed by atoms with van der Waals surface area (Å²) in [7, 11) is 1.45. The van der Waals surface area contributed by atoms with Gasteiger partial charge in [-0.05, 0) is 54.8 Å². The molecule has 0 radical (unpaired) electrons. The summed E-state index contributed by atoms with van der Waals surface area (Å²) in [6.07, 6.45) is 5.23. The number of ether oxygens (including phenoxy) is 1. The zero-order valence-electron chi connectivity index (χ0n) is 12.7. The number of amidine groups is 1. The Morgan fingerprint density at radius 2 is 2.09 bits per heavy atom. The Hall–Kier alpha value is -1.66. The molecular formula is C16H17ClN2O3S. The number of thioether (sulfide) groups is 1. The third kappa shape index (κ3) is 3.48. The number of carbonyl (C=O) groups is 1. The van der Waals surface area contributed by atoms with Crippen LogP contribution in [0.1, 0.15) is 24.8 Å². The lowest BCUT2D eigenvalue weighted by atomic mass is 10.1. The summed E-state index contributed by atoms with van der Waals surface area (Å²) in [5.74, 6) is -0.0670. The number of methoxy groups -OCH3 is 1. The van der Waals surface area contributed by atoms with Gasteiger partial charge in [-0.2, -0.15) is 4.99 Å². The van der Waals surface area contributed by atoms with Crippen LogP contribution >= 0.6 is 23.4 Å². The van der Waals surface area contributed by atoms with Gasteiger partial charge >= 0.3 is 0 Å². The molecule has 0 aromatic heterocycles. The van der Waals surface area contributed by atoms with E-state index >= 15 is 0 Å². The molecule has 3 rings (SSSR count). The minimum Gasteiger partial charge on any atom is -0.503 e. The summed E-state index contributed by atoms with van der Waals surface area (Å²) in [5, 5.41) is 10.7. The summed E-state index contributed by atoms with van der Waals surface area (Å²) in [6.45, 7) is 1.90. The van der Waals surface area contributed by atoms with Crippen LogP contribution < -0.4 is 4.74 Å². The lowest BCUT2D eigenvalue weighted by molar-refractivity contribution is -0.113. The predicted octanol–water partition coefficient (Wildman–Crippen LogP) is 3.51. The van der Waals surface area contributed by atoms with Crippen LogP contribution in [-0.4, -0.2) is 41.3 Å². The maximum Gasteiger partial charge on any atom is 0.286 e. The van der Waals surface area contributed by atoms with Crippen LogP contribution in [0.15, 0.2) is 22.0 Å². The highest BCUT2D eigenvalue weighted by atomic mass is 35.5. The molecule has 1 amide bonds. The molecule has 1 aromatic rings. The molecule has 0 spiro atoms. The lowest BCUT2D eigenvalue weighted by Crippen LogP contribution is -2.33. The molecule has 5 nitrogen and oxygen atoms in total. The number of amides is 1. The van der Waals surface area contributed by atoms with Crippen LogP contribution in [0.4, 0.5) is 0 Å². The molecule has 0 saturated carbocycles. The lowest BCUT2D eigenvalue weighted by Gasteiger charge is -2.27. The smallest absolute Gasteiger partial charge is 0.286 e. The van der Waals surface area contributed by atoms with Gasteiger partial charge in [0.1, 0.15) is 0 Å². The second kappa shape index (κ2) is 6.84. The first-order valence-corrected chi connectivity index (χ1v) is 8.62. The minimum atomic E-state index is -0.237. The zero-order chi connectivity index (χ0) is 16.4. The maximum atomic E-state index is 12.1. The van der Waals surface area contributed by atoms with Crippen LogP contribution in [0.5, 0.6) is 11.5 Å². The Morgan fingerprint density at radius 1 is 1.35 bits per heavy atom. The molecule has 0 bridgehead atoms. The number of phenols is 1. The van der Waals surface area contributed by atoms with Crippen LogP contribution in [0.25, 0.3) is 6.08 Å². The molecule has 7 heteroatoms. The van der Waals surface area contributed by atoms with Crippen molar-refractivity contribution in [3.05, 3.63) is 27.6 Å². The molecule has 0 unspecified atom stereocenters. The average molecular weight is 353 g/mol. The van der Waals surface area contributed by atoms with Gasteiger partial charge in [-0.15, -0.1) is 0 Å². The number of rotatable bonds is 2. The van der Waals surface area contributed by atoms with E-state index in [2.05, 4.69) is 9.89 Å². The van der Waals surface area contributed by atoms with Gasteiger partial charge in [0.25, 0.3) is 5.91 Å². The van der Waals surface area contributed by atoms with Gasteiger partial charge in [0.05, 0.1) is 17.0 Å². The molecular weight excluding hydrogens is 336 g/mol. The van der Waals surface area contributed by atoms with Crippen molar-refractivity contribution < 1.29 is 14.6 Å². The van der Waals surface area contributed by atoms with Crippen molar-refractivity contribution in [2.75, 3.05) is 20.2 Å². The van der Waals surface area contributed by atoms with Crippen molar-refractivity contribution in [1.82, 2.24) is 4.90 Å². The van der Waals surface area contributed by atoms with Gasteiger partial charge < -0.3 is 14.7 Å². The second-order valence-electron chi connectivity index (χ2n) is 5.41. The Kier molecular flexibility index (Phi) is 4.82. The number of piperidine rings is 1. The number of hydrogen-bond acceptors (Lipinski definition) is 5. The van der Waals surface area contributed by atoms with Gasteiger partial charge in [-0.3, -0.25) is 4.79 Å². The molecule has 1 fully saturated rings. The monoisotopic (exact) mass is 352 g/mol. The van der Waals surface area contributed by atoms with Gasteiger partial charge in [0, 0.05) is 13.1 Å². The summed E-state index contributed by atoms with van der Waals surface area (Å²) in [5.41, 5.74) is 0.690. The van der Waals surface area contributed by atoms with Crippen molar-refractivity contribution in [3.8, 4) is 11.5 Å². The Labute approximate surface area is 144 Å². The van der Waals surface area contributed by atoms with E-state index in [0.717, 1.165) is 31.1 Å². The number of benzene rings is 1. The largest absolute Gasteiger partial charge is 0.503 e. The number of hydrogen-bond donors (Lipinski definition) is 1. The quantitative estimate of drug-likeness (QED) is 0.825. The Morgan fingerprint density at radius 3 is 2.78 bits per heavy atom.